The van der Waals surface area contributed by atoms with Crippen LogP contribution < -0.4 is 5.32 Å². The number of nitrogens with zero attached hydrogens (tertiary/aromatic N) is 1. The van der Waals surface area contributed by atoms with E-state index in [0.717, 1.165) is 17.3 Å². The van der Waals surface area contributed by atoms with Gasteiger partial charge < -0.3 is 5.32 Å². The smallest absolute Gasteiger partial charge is 0.0630 e. The Morgan fingerprint density at radius 3 is 2.40 bits per heavy atom. The van der Waals surface area contributed by atoms with E-state index in [1.807, 2.05) is 25.7 Å². The van der Waals surface area contributed by atoms with E-state index in [1.165, 1.54) is 15.4 Å². The van der Waals surface area contributed by atoms with Crippen LogP contribution >= 0.6 is 23.5 Å². The Morgan fingerprint density at radius 1 is 1.25 bits per heavy atom. The summed E-state index contributed by atoms with van der Waals surface area (Å²) in [5, 5.41) is 3.15. The molecule has 1 aromatic rings. The molecule has 1 rings (SSSR count). The molecule has 0 amide bonds. The third-order valence-electron chi connectivity index (χ3n) is 2.90. The van der Waals surface area contributed by atoms with Gasteiger partial charge in [-0.2, -0.15) is 0 Å². The minimum atomic E-state index is 0.588. The topological polar surface area (TPSA) is 24.4 Å². The van der Waals surface area contributed by atoms with Crippen molar-refractivity contribution in [1.82, 2.24) is 5.32 Å². The second-order valence-corrected chi connectivity index (χ2v) is 7.09. The second-order valence-electron chi connectivity index (χ2n) is 4.86. The number of allylic oxidation sites excluding steroid dienone is 1. The fourth-order valence-corrected chi connectivity index (χ4v) is 3.60. The van der Waals surface area contributed by atoms with Crippen molar-refractivity contribution in [1.29, 1.82) is 0 Å². The van der Waals surface area contributed by atoms with E-state index in [1.54, 1.807) is 11.8 Å². The lowest BCUT2D eigenvalue weighted by atomic mass is 10.0. The van der Waals surface area contributed by atoms with Gasteiger partial charge in [-0.05, 0) is 37.7 Å². The molecule has 0 fully saturated rings. The molecule has 20 heavy (non-hydrogen) atoms. The number of hydrogen-bond acceptors (Lipinski definition) is 4. The zero-order chi connectivity index (χ0) is 15.0. The van der Waals surface area contributed by atoms with Crippen LogP contribution in [0.25, 0.3) is 0 Å². The summed E-state index contributed by atoms with van der Waals surface area (Å²) in [7, 11) is 1.95. The lowest BCUT2D eigenvalue weighted by Crippen LogP contribution is -2.03. The van der Waals surface area contributed by atoms with Crippen LogP contribution in [0.2, 0.25) is 0 Å². The Labute approximate surface area is 131 Å². The number of hydrogen-bond donors (Lipinski definition) is 1. The molecule has 0 spiro atoms. The van der Waals surface area contributed by atoms with Crippen molar-refractivity contribution in [3.05, 3.63) is 45.3 Å². The molecule has 2 nitrogen and oxygen atoms in total. The molecule has 0 aromatic heterocycles. The summed E-state index contributed by atoms with van der Waals surface area (Å²) in [6.07, 6.45) is 0. The van der Waals surface area contributed by atoms with E-state index < -0.39 is 0 Å². The third-order valence-corrected chi connectivity index (χ3v) is 5.63. The number of benzene rings is 1. The Balaban J connectivity index is 2.65. The molecular formula is C16H24N2S2. The second kappa shape index (κ2) is 9.27. The first-order chi connectivity index (χ1) is 9.58. The predicted octanol–water partition coefficient (Wildman–Crippen LogP) is 4.84. The van der Waals surface area contributed by atoms with Crippen LogP contribution in [0.4, 0.5) is 0 Å². The van der Waals surface area contributed by atoms with Crippen molar-refractivity contribution in [3.8, 4) is 0 Å². The monoisotopic (exact) mass is 308 g/mol. The lowest BCUT2D eigenvalue weighted by molar-refractivity contribution is 0.866. The highest BCUT2D eigenvalue weighted by atomic mass is 32.2. The average molecular weight is 309 g/mol. The minimum absolute atomic E-state index is 0.588. The largest absolute Gasteiger partial charge is 0.311 e. The first-order valence-corrected chi connectivity index (χ1v) is 8.72. The van der Waals surface area contributed by atoms with Gasteiger partial charge in [0.25, 0.3) is 0 Å². The molecule has 1 aromatic carbocycles. The molecule has 0 saturated carbocycles. The van der Waals surface area contributed by atoms with E-state index in [2.05, 4.69) is 55.1 Å². The minimum Gasteiger partial charge on any atom is -0.311 e. The molecule has 0 aliphatic heterocycles. The summed E-state index contributed by atoms with van der Waals surface area (Å²) in [6, 6.07) is 8.89. The zero-order valence-corrected chi connectivity index (χ0v) is 14.4. The predicted molar refractivity (Wildman–Crippen MR) is 95.6 cm³/mol. The van der Waals surface area contributed by atoms with Gasteiger partial charge in [-0.3, -0.25) is 4.99 Å². The molecule has 0 saturated heterocycles. The fourth-order valence-electron chi connectivity index (χ4n) is 1.60. The highest BCUT2D eigenvalue weighted by molar-refractivity contribution is 8.21. The van der Waals surface area contributed by atoms with E-state index in [-0.39, 0.29) is 0 Å². The van der Waals surface area contributed by atoms with Crippen LogP contribution in [0.15, 0.2) is 39.2 Å². The van der Waals surface area contributed by atoms with E-state index >= 15 is 0 Å². The highest BCUT2D eigenvalue weighted by Gasteiger charge is 2.05. The van der Waals surface area contributed by atoms with Crippen molar-refractivity contribution in [3.63, 3.8) is 0 Å². The van der Waals surface area contributed by atoms with Gasteiger partial charge in [0.05, 0.1) is 9.93 Å². The summed E-state index contributed by atoms with van der Waals surface area (Å²) >= 11 is 3.61. The van der Waals surface area contributed by atoms with Crippen molar-refractivity contribution < 1.29 is 0 Å². The number of aliphatic imine (C=N–C) groups is 1. The molecule has 110 valence electrons. The van der Waals surface area contributed by atoms with Gasteiger partial charge in [0.15, 0.2) is 0 Å². The summed E-state index contributed by atoms with van der Waals surface area (Å²) in [5.41, 5.74) is 3.75. The van der Waals surface area contributed by atoms with Gasteiger partial charge in [0.2, 0.25) is 0 Å². The fraction of sp³-hybridized carbons (Fsp3) is 0.438. The maximum Gasteiger partial charge on any atom is 0.0630 e. The summed E-state index contributed by atoms with van der Waals surface area (Å²) in [5.74, 6) is 2.45. The lowest BCUT2D eigenvalue weighted by Gasteiger charge is -2.10. The number of thioether (sulfide) groups is 2. The van der Waals surface area contributed by atoms with E-state index in [4.69, 9.17) is 0 Å². The zero-order valence-electron chi connectivity index (χ0n) is 12.8. The van der Waals surface area contributed by atoms with Gasteiger partial charge in [0.1, 0.15) is 0 Å². The molecular weight excluding hydrogens is 284 g/mol. The highest BCUT2D eigenvalue weighted by Crippen LogP contribution is 2.34. The van der Waals surface area contributed by atoms with Crippen LogP contribution in [0.3, 0.4) is 0 Å². The van der Waals surface area contributed by atoms with Crippen molar-refractivity contribution >= 4 is 30.2 Å². The molecule has 0 aliphatic rings. The quantitative estimate of drug-likeness (QED) is 0.549. The average Bonchev–Trinajstić information content (AvgIpc) is 2.47. The molecule has 0 atom stereocenters. The molecule has 0 unspecified atom stereocenters. The van der Waals surface area contributed by atoms with Crippen molar-refractivity contribution in [2.24, 2.45) is 4.99 Å². The Morgan fingerprint density at radius 2 is 1.90 bits per heavy atom. The maximum atomic E-state index is 4.05. The molecule has 1 N–H and O–H groups in total. The molecule has 4 heteroatoms. The van der Waals surface area contributed by atoms with Gasteiger partial charge in [-0.25, -0.2) is 0 Å². The van der Waals surface area contributed by atoms with Crippen LogP contribution in [0, 0.1) is 0 Å². The first kappa shape index (κ1) is 17.3. The van der Waals surface area contributed by atoms with Crippen molar-refractivity contribution in [2.45, 2.75) is 32.4 Å². The van der Waals surface area contributed by atoms with Crippen LogP contribution in [-0.2, 0) is 5.75 Å². The Kier molecular flexibility index (Phi) is 8.04. The summed E-state index contributed by atoms with van der Waals surface area (Å²) in [6.45, 7) is 10.1. The van der Waals surface area contributed by atoms with Gasteiger partial charge in [-0.1, -0.05) is 38.1 Å². The van der Waals surface area contributed by atoms with Gasteiger partial charge in [0, 0.05) is 11.6 Å². The number of nitrogens with one attached hydrogen (secondary N) is 1. The molecule has 0 aliphatic carbocycles. The van der Waals surface area contributed by atoms with Gasteiger partial charge in [-0.15, -0.1) is 23.5 Å². The van der Waals surface area contributed by atoms with Gasteiger partial charge >= 0.3 is 0 Å². The maximum absolute atomic E-state index is 4.05. The normalized spacial score (nSPS) is 12.4. The Hall–Kier alpha value is -0.710. The summed E-state index contributed by atoms with van der Waals surface area (Å²) in [4.78, 5) is 4.05. The van der Waals surface area contributed by atoms with Crippen LogP contribution in [0.1, 0.15) is 37.8 Å². The number of rotatable bonds is 8. The third kappa shape index (κ3) is 5.73. The van der Waals surface area contributed by atoms with E-state index in [9.17, 15) is 0 Å². The Bertz CT molecular complexity index is 450. The van der Waals surface area contributed by atoms with Crippen LogP contribution in [-0.4, -0.2) is 19.6 Å². The first-order valence-electron chi connectivity index (χ1n) is 6.75. The molecule has 0 heterocycles. The standard InChI is InChI=1S/C16H24N2S2/c1-12(2)15-8-6-14(7-9-15)10-19-16(13(3)18-5)20-11-17-4/h6-9,12,17H,5,10-11H2,1-4H3/b16-13-. The summed E-state index contributed by atoms with van der Waals surface area (Å²) < 4.78 is 1.24. The van der Waals surface area contributed by atoms with Crippen LogP contribution in [0.5, 0.6) is 0 Å². The van der Waals surface area contributed by atoms with Crippen molar-refractivity contribution in [2.75, 3.05) is 12.9 Å². The molecule has 0 radical (unpaired) electrons. The van der Waals surface area contributed by atoms with E-state index in [0.29, 0.717) is 5.92 Å². The molecule has 0 bridgehead atoms. The SMILES string of the molecule is C=N/C(C)=C(\SCNC)SCc1ccc(C(C)C)cc1.